The van der Waals surface area contributed by atoms with Gasteiger partial charge in [0.15, 0.2) is 0 Å². The Bertz CT molecular complexity index is 409. The fraction of sp³-hybridized carbons (Fsp3) is 0.571. The Labute approximate surface area is 113 Å². The van der Waals surface area contributed by atoms with Crippen LogP contribution in [0.3, 0.4) is 0 Å². The van der Waals surface area contributed by atoms with Crippen LogP contribution < -0.4 is 14.4 Å². The van der Waals surface area contributed by atoms with Crippen molar-refractivity contribution >= 4 is 17.4 Å². The molecule has 18 heavy (non-hydrogen) atoms. The number of hydrogen-bond acceptors (Lipinski definition) is 4. The van der Waals surface area contributed by atoms with Crippen LogP contribution in [0.4, 0.5) is 5.69 Å². The van der Waals surface area contributed by atoms with Crippen molar-refractivity contribution in [1.82, 2.24) is 0 Å². The van der Waals surface area contributed by atoms with E-state index in [9.17, 15) is 0 Å². The normalized spacial score (nSPS) is 13.6. The topological polar surface area (TPSA) is 21.7 Å². The largest absolute Gasteiger partial charge is 0.497 e. The second-order valence-corrected chi connectivity index (χ2v) is 5.41. The Kier molecular flexibility index (Phi) is 4.64. The summed E-state index contributed by atoms with van der Waals surface area (Å²) in [4.78, 5) is 3.68. The van der Waals surface area contributed by atoms with Crippen molar-refractivity contribution < 1.29 is 9.47 Å². The van der Waals surface area contributed by atoms with E-state index in [0.29, 0.717) is 0 Å². The quantitative estimate of drug-likeness (QED) is 0.731. The zero-order chi connectivity index (χ0) is 13.0. The molecule has 1 heterocycles. The summed E-state index contributed by atoms with van der Waals surface area (Å²) in [5.74, 6) is 2.81. The van der Waals surface area contributed by atoms with Crippen molar-refractivity contribution in [3.8, 4) is 11.5 Å². The van der Waals surface area contributed by atoms with E-state index in [2.05, 4.69) is 17.9 Å². The average molecular weight is 267 g/mol. The number of nitrogens with zero attached hydrogens (tertiary/aromatic N) is 1. The fourth-order valence-electron chi connectivity index (χ4n) is 2.19. The first kappa shape index (κ1) is 13.4. The summed E-state index contributed by atoms with van der Waals surface area (Å²) in [6, 6.07) is 4.07. The first-order valence-electron chi connectivity index (χ1n) is 6.44. The van der Waals surface area contributed by atoms with Gasteiger partial charge in [-0.3, -0.25) is 0 Å². The summed E-state index contributed by atoms with van der Waals surface area (Å²) >= 11 is 1.86. The molecule has 0 bridgehead atoms. The van der Waals surface area contributed by atoms with Crippen molar-refractivity contribution in [3.05, 3.63) is 12.1 Å². The number of fused-ring (bicyclic) bond motifs is 1. The molecule has 0 aromatic heterocycles. The zero-order valence-electron chi connectivity index (χ0n) is 11.4. The van der Waals surface area contributed by atoms with Gasteiger partial charge in [-0.1, -0.05) is 19.8 Å². The first-order chi connectivity index (χ1) is 8.80. The van der Waals surface area contributed by atoms with Crippen LogP contribution in [0.5, 0.6) is 11.5 Å². The molecule has 4 heteroatoms. The molecule has 100 valence electrons. The van der Waals surface area contributed by atoms with Gasteiger partial charge in [-0.05, 0) is 12.5 Å². The highest BCUT2D eigenvalue weighted by Crippen LogP contribution is 2.47. The van der Waals surface area contributed by atoms with Crippen molar-refractivity contribution in [2.24, 2.45) is 0 Å². The van der Waals surface area contributed by atoms with Crippen LogP contribution in [-0.4, -0.2) is 26.6 Å². The summed E-state index contributed by atoms with van der Waals surface area (Å²) in [5, 5.41) is 0. The molecule has 1 aromatic carbocycles. The smallest absolute Gasteiger partial charge is 0.147 e. The van der Waals surface area contributed by atoms with Crippen LogP contribution >= 0.6 is 11.8 Å². The third-order valence-electron chi connectivity index (χ3n) is 3.19. The maximum atomic E-state index is 5.50. The van der Waals surface area contributed by atoms with Crippen molar-refractivity contribution in [3.63, 3.8) is 0 Å². The van der Waals surface area contributed by atoms with Gasteiger partial charge in [0.25, 0.3) is 0 Å². The standard InChI is InChI=1S/C14H21NO2S/c1-4-5-6-7-15-10-18-13-9-11(16-2)8-12(17-3)14(13)15/h8-9H,4-7,10H2,1-3H3. The summed E-state index contributed by atoms with van der Waals surface area (Å²) in [6.07, 6.45) is 3.79. The maximum absolute atomic E-state index is 5.50. The highest BCUT2D eigenvalue weighted by Gasteiger charge is 2.24. The molecule has 1 aliphatic rings. The van der Waals surface area contributed by atoms with Gasteiger partial charge in [0, 0.05) is 17.5 Å². The summed E-state index contributed by atoms with van der Waals surface area (Å²) in [6.45, 7) is 3.34. The molecule has 0 atom stereocenters. The predicted molar refractivity (Wildman–Crippen MR) is 77.1 cm³/mol. The number of thioether (sulfide) groups is 1. The average Bonchev–Trinajstić information content (AvgIpc) is 2.81. The van der Waals surface area contributed by atoms with E-state index in [4.69, 9.17) is 9.47 Å². The number of methoxy groups -OCH3 is 2. The Morgan fingerprint density at radius 1 is 1.22 bits per heavy atom. The Hall–Kier alpha value is -1.03. The second kappa shape index (κ2) is 6.23. The number of anilines is 1. The van der Waals surface area contributed by atoms with Crippen molar-refractivity contribution in [1.29, 1.82) is 0 Å². The van der Waals surface area contributed by atoms with Crippen LogP contribution in [0.1, 0.15) is 26.2 Å². The Morgan fingerprint density at radius 2 is 2.06 bits per heavy atom. The predicted octanol–water partition coefficient (Wildman–Crippen LogP) is 3.76. The lowest BCUT2D eigenvalue weighted by Gasteiger charge is -2.20. The molecule has 0 aliphatic carbocycles. The van der Waals surface area contributed by atoms with Gasteiger partial charge in [-0.2, -0.15) is 0 Å². The molecule has 0 amide bonds. The van der Waals surface area contributed by atoms with Gasteiger partial charge < -0.3 is 14.4 Å². The Morgan fingerprint density at radius 3 is 2.72 bits per heavy atom. The minimum atomic E-state index is 0.869. The van der Waals surface area contributed by atoms with Gasteiger partial charge in [0.1, 0.15) is 11.5 Å². The van der Waals surface area contributed by atoms with Crippen molar-refractivity contribution in [2.75, 3.05) is 31.5 Å². The van der Waals surface area contributed by atoms with E-state index < -0.39 is 0 Å². The lowest BCUT2D eigenvalue weighted by atomic mass is 10.2. The first-order valence-corrected chi connectivity index (χ1v) is 7.42. The zero-order valence-corrected chi connectivity index (χ0v) is 12.2. The highest BCUT2D eigenvalue weighted by molar-refractivity contribution is 7.99. The molecular weight excluding hydrogens is 246 g/mol. The molecule has 0 unspecified atom stereocenters. The molecule has 2 rings (SSSR count). The van der Waals surface area contributed by atoms with Gasteiger partial charge >= 0.3 is 0 Å². The van der Waals surface area contributed by atoms with Crippen LogP contribution in [-0.2, 0) is 0 Å². The Balaban J connectivity index is 2.19. The van der Waals surface area contributed by atoms with E-state index >= 15 is 0 Å². The molecule has 0 saturated carbocycles. The summed E-state index contributed by atoms with van der Waals surface area (Å²) in [7, 11) is 3.42. The monoisotopic (exact) mass is 267 g/mol. The van der Waals surface area contributed by atoms with E-state index in [1.165, 1.54) is 29.8 Å². The minimum absolute atomic E-state index is 0.869. The third-order valence-corrected chi connectivity index (χ3v) is 4.26. The lowest BCUT2D eigenvalue weighted by molar-refractivity contribution is 0.393. The highest BCUT2D eigenvalue weighted by atomic mass is 32.2. The van der Waals surface area contributed by atoms with Gasteiger partial charge in [0.05, 0.1) is 25.8 Å². The number of ether oxygens (including phenoxy) is 2. The maximum Gasteiger partial charge on any atom is 0.147 e. The number of rotatable bonds is 6. The molecule has 0 saturated heterocycles. The van der Waals surface area contributed by atoms with Crippen LogP contribution in [0.25, 0.3) is 0 Å². The fourth-order valence-corrected chi connectivity index (χ4v) is 3.31. The molecule has 1 aromatic rings. The van der Waals surface area contributed by atoms with E-state index in [1.807, 2.05) is 17.8 Å². The molecular formula is C14H21NO2S. The molecule has 0 radical (unpaired) electrons. The lowest BCUT2D eigenvalue weighted by Crippen LogP contribution is -2.20. The third kappa shape index (κ3) is 2.69. The van der Waals surface area contributed by atoms with E-state index in [0.717, 1.165) is 23.9 Å². The number of hydrogen-bond donors (Lipinski definition) is 0. The molecule has 0 spiro atoms. The van der Waals surface area contributed by atoms with Crippen LogP contribution in [0, 0.1) is 0 Å². The second-order valence-electron chi connectivity index (χ2n) is 4.42. The summed E-state index contributed by atoms with van der Waals surface area (Å²) < 4.78 is 10.8. The minimum Gasteiger partial charge on any atom is -0.497 e. The molecule has 0 fully saturated rings. The molecule has 0 N–H and O–H groups in total. The van der Waals surface area contributed by atoms with Crippen molar-refractivity contribution in [2.45, 2.75) is 31.1 Å². The van der Waals surface area contributed by atoms with Gasteiger partial charge in [0.2, 0.25) is 0 Å². The number of unbranched alkanes of at least 4 members (excludes halogenated alkanes) is 2. The molecule has 3 nitrogen and oxygen atoms in total. The van der Waals surface area contributed by atoms with E-state index in [-0.39, 0.29) is 0 Å². The SMILES string of the molecule is CCCCCN1CSc2cc(OC)cc(OC)c21. The van der Waals surface area contributed by atoms with Gasteiger partial charge in [-0.25, -0.2) is 0 Å². The summed E-state index contributed by atoms with van der Waals surface area (Å²) in [5.41, 5.74) is 1.24. The van der Waals surface area contributed by atoms with Crippen LogP contribution in [0.2, 0.25) is 0 Å². The van der Waals surface area contributed by atoms with Crippen LogP contribution in [0.15, 0.2) is 17.0 Å². The number of benzene rings is 1. The van der Waals surface area contributed by atoms with E-state index in [1.54, 1.807) is 14.2 Å². The molecule has 1 aliphatic heterocycles. The van der Waals surface area contributed by atoms with Gasteiger partial charge in [-0.15, -0.1) is 11.8 Å².